The zero-order chi connectivity index (χ0) is 17.5. The maximum absolute atomic E-state index is 12.0. The van der Waals surface area contributed by atoms with Crippen LogP contribution in [-0.4, -0.2) is 34.3 Å². The number of hydrogen-bond acceptors (Lipinski definition) is 3. The van der Waals surface area contributed by atoms with Crippen LogP contribution >= 0.6 is 0 Å². The molecule has 3 rings (SSSR count). The first-order valence-electron chi connectivity index (χ1n) is 8.58. The van der Waals surface area contributed by atoms with Gasteiger partial charge >= 0.3 is 6.03 Å². The number of rotatable bonds is 5. The maximum atomic E-state index is 12.0. The second-order valence-electron chi connectivity index (χ2n) is 6.19. The van der Waals surface area contributed by atoms with Crippen LogP contribution in [0.2, 0.25) is 0 Å². The molecule has 25 heavy (non-hydrogen) atoms. The average molecular weight is 341 g/mol. The van der Waals surface area contributed by atoms with Gasteiger partial charge in [-0.1, -0.05) is 24.3 Å². The summed E-state index contributed by atoms with van der Waals surface area (Å²) in [5.41, 5.74) is 2.15. The molecule has 7 nitrogen and oxygen atoms in total. The summed E-state index contributed by atoms with van der Waals surface area (Å²) in [7, 11) is 0. The van der Waals surface area contributed by atoms with E-state index in [9.17, 15) is 9.59 Å². The third kappa shape index (κ3) is 5.07. The minimum Gasteiger partial charge on any atom is -0.354 e. The molecule has 0 saturated carbocycles. The smallest absolute Gasteiger partial charge is 0.315 e. The zero-order valence-electron chi connectivity index (χ0n) is 14.1. The van der Waals surface area contributed by atoms with Gasteiger partial charge < -0.3 is 16.0 Å². The van der Waals surface area contributed by atoms with Crippen molar-refractivity contribution < 1.29 is 9.59 Å². The van der Waals surface area contributed by atoms with Gasteiger partial charge in [0.05, 0.1) is 6.54 Å². The second kappa shape index (κ2) is 8.32. The van der Waals surface area contributed by atoms with E-state index in [1.165, 1.54) is 0 Å². The lowest BCUT2D eigenvalue weighted by molar-refractivity contribution is -0.122. The fourth-order valence-electron chi connectivity index (χ4n) is 2.81. The highest BCUT2D eigenvalue weighted by molar-refractivity contribution is 5.87. The topological polar surface area (TPSA) is 88.1 Å². The van der Waals surface area contributed by atoms with E-state index in [1.807, 2.05) is 41.2 Å². The summed E-state index contributed by atoms with van der Waals surface area (Å²) in [6, 6.07) is 9.15. The van der Waals surface area contributed by atoms with Crippen LogP contribution in [0.3, 0.4) is 0 Å². The van der Waals surface area contributed by atoms with Gasteiger partial charge in [0.15, 0.2) is 0 Å². The number of benzene rings is 1. The predicted octanol–water partition coefficient (Wildman–Crippen LogP) is 1.40. The molecule has 0 radical (unpaired) electrons. The van der Waals surface area contributed by atoms with E-state index in [0.717, 1.165) is 30.5 Å². The largest absolute Gasteiger partial charge is 0.354 e. The maximum Gasteiger partial charge on any atom is 0.315 e. The Labute approximate surface area is 146 Å². The first kappa shape index (κ1) is 17.0. The SMILES string of the molecule is O=C(NCc1ccc(Cn2cccn2)cc1)N[C@H]1CCCCNC1=O. The first-order valence-corrected chi connectivity index (χ1v) is 8.58. The summed E-state index contributed by atoms with van der Waals surface area (Å²) in [6.45, 7) is 1.82. The van der Waals surface area contributed by atoms with Gasteiger partial charge in [0, 0.05) is 25.5 Å². The van der Waals surface area contributed by atoms with Crippen LogP contribution in [0, 0.1) is 0 Å². The molecule has 0 aliphatic carbocycles. The molecule has 132 valence electrons. The van der Waals surface area contributed by atoms with Crippen molar-refractivity contribution in [2.45, 2.75) is 38.4 Å². The molecule has 1 aromatic heterocycles. The van der Waals surface area contributed by atoms with Gasteiger partial charge in [-0.05, 0) is 36.5 Å². The number of amides is 3. The van der Waals surface area contributed by atoms with Crippen LogP contribution in [0.4, 0.5) is 4.79 Å². The van der Waals surface area contributed by atoms with E-state index in [0.29, 0.717) is 19.5 Å². The number of nitrogens with zero attached hydrogens (tertiary/aromatic N) is 2. The third-order valence-corrected chi connectivity index (χ3v) is 4.22. The van der Waals surface area contributed by atoms with Gasteiger partial charge in [-0.3, -0.25) is 9.48 Å². The third-order valence-electron chi connectivity index (χ3n) is 4.22. The van der Waals surface area contributed by atoms with E-state index < -0.39 is 6.04 Å². The predicted molar refractivity (Wildman–Crippen MR) is 93.8 cm³/mol. The summed E-state index contributed by atoms with van der Waals surface area (Å²) < 4.78 is 1.86. The van der Waals surface area contributed by atoms with Crippen molar-refractivity contribution in [1.29, 1.82) is 0 Å². The molecule has 0 bridgehead atoms. The molecular weight excluding hydrogens is 318 g/mol. The van der Waals surface area contributed by atoms with E-state index in [-0.39, 0.29) is 11.9 Å². The van der Waals surface area contributed by atoms with Crippen molar-refractivity contribution in [1.82, 2.24) is 25.7 Å². The zero-order valence-corrected chi connectivity index (χ0v) is 14.1. The number of nitrogens with one attached hydrogen (secondary N) is 3. The Balaban J connectivity index is 1.46. The lowest BCUT2D eigenvalue weighted by Gasteiger charge is -2.15. The van der Waals surface area contributed by atoms with Crippen LogP contribution in [0.1, 0.15) is 30.4 Å². The van der Waals surface area contributed by atoms with Crippen LogP contribution in [0.25, 0.3) is 0 Å². The van der Waals surface area contributed by atoms with Crippen LogP contribution < -0.4 is 16.0 Å². The average Bonchev–Trinajstić information content (AvgIpc) is 3.04. The van der Waals surface area contributed by atoms with E-state index in [1.54, 1.807) is 6.20 Å². The highest BCUT2D eigenvalue weighted by Gasteiger charge is 2.21. The standard InChI is InChI=1S/C18H23N5O2/c24-17-16(4-1-2-9-19-17)22-18(25)20-12-14-5-7-15(8-6-14)13-23-11-3-10-21-23/h3,5-8,10-11,16H,1-2,4,9,12-13H2,(H,19,24)(H2,20,22,25)/t16-/m0/s1. The number of urea groups is 1. The van der Waals surface area contributed by atoms with Crippen LogP contribution in [0.15, 0.2) is 42.7 Å². The van der Waals surface area contributed by atoms with Gasteiger partial charge in [0.25, 0.3) is 0 Å². The van der Waals surface area contributed by atoms with Crippen LogP contribution in [-0.2, 0) is 17.9 Å². The molecule has 7 heteroatoms. The highest BCUT2D eigenvalue weighted by Crippen LogP contribution is 2.07. The molecule has 1 saturated heterocycles. The van der Waals surface area contributed by atoms with Crippen molar-refractivity contribution in [3.05, 3.63) is 53.9 Å². The van der Waals surface area contributed by atoms with Crippen molar-refractivity contribution in [3.63, 3.8) is 0 Å². The Morgan fingerprint density at radius 2 is 2.04 bits per heavy atom. The molecule has 2 aromatic rings. The van der Waals surface area contributed by atoms with Crippen molar-refractivity contribution in [2.24, 2.45) is 0 Å². The summed E-state index contributed by atoms with van der Waals surface area (Å²) in [4.78, 5) is 23.8. The molecule has 3 N–H and O–H groups in total. The molecule has 0 unspecified atom stereocenters. The van der Waals surface area contributed by atoms with Gasteiger partial charge in [0.2, 0.25) is 5.91 Å². The summed E-state index contributed by atoms with van der Waals surface area (Å²) in [5.74, 6) is -0.101. The Hall–Kier alpha value is -2.83. The Morgan fingerprint density at radius 3 is 2.80 bits per heavy atom. The first-order chi connectivity index (χ1) is 12.2. The monoisotopic (exact) mass is 341 g/mol. The fourth-order valence-corrected chi connectivity index (χ4v) is 2.81. The summed E-state index contributed by atoms with van der Waals surface area (Å²) >= 11 is 0. The normalized spacial score (nSPS) is 17.4. The molecular formula is C18H23N5O2. The second-order valence-corrected chi connectivity index (χ2v) is 6.19. The number of hydrogen-bond donors (Lipinski definition) is 3. The molecule has 1 aromatic carbocycles. The fraction of sp³-hybridized carbons (Fsp3) is 0.389. The molecule has 1 fully saturated rings. The van der Waals surface area contributed by atoms with Gasteiger partial charge in [-0.2, -0.15) is 5.10 Å². The Morgan fingerprint density at radius 1 is 1.24 bits per heavy atom. The van der Waals surface area contributed by atoms with Crippen LogP contribution in [0.5, 0.6) is 0 Å². The van der Waals surface area contributed by atoms with E-state index in [4.69, 9.17) is 0 Å². The Bertz CT molecular complexity index is 697. The molecule has 2 heterocycles. The van der Waals surface area contributed by atoms with Crippen molar-refractivity contribution >= 4 is 11.9 Å². The van der Waals surface area contributed by atoms with Crippen molar-refractivity contribution in [3.8, 4) is 0 Å². The summed E-state index contributed by atoms with van der Waals surface area (Å²) in [5, 5.41) is 12.5. The minimum atomic E-state index is -0.445. The quantitative estimate of drug-likeness (QED) is 0.768. The molecule has 1 aliphatic rings. The minimum absolute atomic E-state index is 0.101. The number of carbonyl (C=O) groups excluding carboxylic acids is 2. The molecule has 1 atom stereocenters. The number of carbonyl (C=O) groups is 2. The molecule has 3 amide bonds. The summed E-state index contributed by atoms with van der Waals surface area (Å²) in [6.07, 6.45) is 6.24. The molecule has 1 aliphatic heterocycles. The Kier molecular flexibility index (Phi) is 5.66. The van der Waals surface area contributed by atoms with Gasteiger partial charge in [-0.15, -0.1) is 0 Å². The highest BCUT2D eigenvalue weighted by atomic mass is 16.2. The number of aromatic nitrogens is 2. The van der Waals surface area contributed by atoms with Gasteiger partial charge in [0.1, 0.15) is 6.04 Å². The van der Waals surface area contributed by atoms with E-state index in [2.05, 4.69) is 21.0 Å². The van der Waals surface area contributed by atoms with E-state index >= 15 is 0 Å². The van der Waals surface area contributed by atoms with Gasteiger partial charge in [-0.25, -0.2) is 4.79 Å². The lowest BCUT2D eigenvalue weighted by Crippen LogP contribution is -2.48. The lowest BCUT2D eigenvalue weighted by atomic mass is 10.1. The molecule has 0 spiro atoms. The van der Waals surface area contributed by atoms with Crippen molar-refractivity contribution in [2.75, 3.05) is 6.54 Å².